The average Bonchev–Trinajstić information content (AvgIpc) is 3.00. The van der Waals surface area contributed by atoms with Gasteiger partial charge in [-0.2, -0.15) is 0 Å². The van der Waals surface area contributed by atoms with E-state index in [4.69, 9.17) is 4.74 Å². The van der Waals surface area contributed by atoms with Crippen LogP contribution >= 0.6 is 0 Å². The summed E-state index contributed by atoms with van der Waals surface area (Å²) < 4.78 is 5.51. The molecule has 2 aromatic rings. The Labute approximate surface area is 150 Å². The molecule has 0 saturated heterocycles. The highest BCUT2D eigenvalue weighted by molar-refractivity contribution is 5.91. The number of ether oxygens (including phenoxy) is 1. The van der Waals surface area contributed by atoms with Crippen molar-refractivity contribution in [1.29, 1.82) is 0 Å². The number of hydrogen-bond acceptors (Lipinski definition) is 2. The molecule has 0 radical (unpaired) electrons. The molecule has 0 spiro atoms. The standard InChI is InChI=1S/C23H26O2/c1-15(2)25-23(24)21-14-13-20(18-9-5-16(3)6-10-18)22(21)19-11-7-17(4)8-12-19/h5-12,14-15,20,22H,13H2,1-4H3/t20-,22+/m0/s1. The van der Waals surface area contributed by atoms with Crippen molar-refractivity contribution in [2.75, 3.05) is 0 Å². The Balaban J connectivity index is 1.98. The van der Waals surface area contributed by atoms with Gasteiger partial charge in [-0.15, -0.1) is 0 Å². The highest BCUT2D eigenvalue weighted by Crippen LogP contribution is 2.46. The Morgan fingerprint density at radius 1 is 0.920 bits per heavy atom. The summed E-state index contributed by atoms with van der Waals surface area (Å²) in [6.45, 7) is 7.97. The van der Waals surface area contributed by atoms with Crippen molar-refractivity contribution in [2.24, 2.45) is 0 Å². The second-order valence-corrected chi connectivity index (χ2v) is 7.25. The fourth-order valence-corrected chi connectivity index (χ4v) is 3.55. The Bertz CT molecular complexity index is 767. The van der Waals surface area contributed by atoms with Crippen molar-refractivity contribution in [3.63, 3.8) is 0 Å². The van der Waals surface area contributed by atoms with Crippen molar-refractivity contribution < 1.29 is 9.53 Å². The molecule has 0 unspecified atom stereocenters. The molecule has 2 aromatic carbocycles. The van der Waals surface area contributed by atoms with Crippen LogP contribution in [0.2, 0.25) is 0 Å². The first kappa shape index (κ1) is 17.5. The minimum atomic E-state index is -0.185. The molecule has 25 heavy (non-hydrogen) atoms. The third kappa shape index (κ3) is 3.84. The molecule has 0 amide bonds. The Morgan fingerprint density at radius 2 is 1.44 bits per heavy atom. The van der Waals surface area contributed by atoms with E-state index in [1.165, 1.54) is 22.3 Å². The second kappa shape index (κ2) is 7.26. The second-order valence-electron chi connectivity index (χ2n) is 7.25. The SMILES string of the molecule is Cc1ccc([C@H]2C(C(=O)OC(C)C)=CC[C@H]2c2ccc(C)cc2)cc1. The number of carbonyl (C=O) groups is 1. The number of benzene rings is 2. The molecule has 2 atom stereocenters. The van der Waals surface area contributed by atoms with Crippen LogP contribution in [-0.4, -0.2) is 12.1 Å². The summed E-state index contributed by atoms with van der Waals surface area (Å²) in [6.07, 6.45) is 2.83. The zero-order valence-electron chi connectivity index (χ0n) is 15.5. The van der Waals surface area contributed by atoms with Gasteiger partial charge in [0, 0.05) is 11.5 Å². The number of esters is 1. The summed E-state index contributed by atoms with van der Waals surface area (Å²) in [5.74, 6) is 0.141. The fraction of sp³-hybridized carbons (Fsp3) is 0.348. The maximum absolute atomic E-state index is 12.6. The van der Waals surface area contributed by atoms with Crippen LogP contribution in [0.25, 0.3) is 0 Å². The van der Waals surface area contributed by atoms with Crippen molar-refractivity contribution in [1.82, 2.24) is 0 Å². The predicted octanol–water partition coefficient (Wildman–Crippen LogP) is 5.45. The molecule has 0 fully saturated rings. The van der Waals surface area contributed by atoms with Crippen LogP contribution in [-0.2, 0) is 9.53 Å². The number of rotatable bonds is 4. The molecule has 0 saturated carbocycles. The van der Waals surface area contributed by atoms with E-state index in [9.17, 15) is 4.79 Å². The highest BCUT2D eigenvalue weighted by atomic mass is 16.5. The van der Waals surface area contributed by atoms with Crippen molar-refractivity contribution in [2.45, 2.75) is 52.1 Å². The summed E-state index contributed by atoms with van der Waals surface area (Å²) in [7, 11) is 0. The van der Waals surface area contributed by atoms with E-state index in [0.717, 1.165) is 12.0 Å². The van der Waals surface area contributed by atoms with E-state index in [1.807, 2.05) is 13.8 Å². The summed E-state index contributed by atoms with van der Waals surface area (Å²) in [6, 6.07) is 17.2. The van der Waals surface area contributed by atoms with Gasteiger partial charge in [-0.05, 0) is 51.2 Å². The lowest BCUT2D eigenvalue weighted by molar-refractivity contribution is -0.142. The van der Waals surface area contributed by atoms with Gasteiger partial charge in [0.2, 0.25) is 0 Å². The van der Waals surface area contributed by atoms with Gasteiger partial charge >= 0.3 is 5.97 Å². The first-order valence-corrected chi connectivity index (χ1v) is 9.00. The highest BCUT2D eigenvalue weighted by Gasteiger charge is 2.36. The molecule has 3 rings (SSSR count). The van der Waals surface area contributed by atoms with Crippen LogP contribution in [0, 0.1) is 13.8 Å². The van der Waals surface area contributed by atoms with E-state index in [0.29, 0.717) is 0 Å². The monoisotopic (exact) mass is 334 g/mol. The third-order valence-corrected chi connectivity index (χ3v) is 4.85. The molecule has 1 aliphatic carbocycles. The predicted molar refractivity (Wildman–Crippen MR) is 102 cm³/mol. The van der Waals surface area contributed by atoms with Gasteiger partial charge in [0.15, 0.2) is 0 Å². The Kier molecular flexibility index (Phi) is 5.08. The number of allylic oxidation sites excluding steroid dienone is 1. The summed E-state index contributed by atoms with van der Waals surface area (Å²) >= 11 is 0. The quantitative estimate of drug-likeness (QED) is 0.695. The lowest BCUT2D eigenvalue weighted by Gasteiger charge is -2.24. The van der Waals surface area contributed by atoms with Crippen LogP contribution in [0.3, 0.4) is 0 Å². The summed E-state index contributed by atoms with van der Waals surface area (Å²) in [4.78, 5) is 12.6. The van der Waals surface area contributed by atoms with Crippen LogP contribution in [0.5, 0.6) is 0 Å². The van der Waals surface area contributed by atoms with E-state index >= 15 is 0 Å². The minimum Gasteiger partial charge on any atom is -0.460 e. The van der Waals surface area contributed by atoms with E-state index < -0.39 is 0 Å². The maximum Gasteiger partial charge on any atom is 0.334 e. The lowest BCUT2D eigenvalue weighted by atomic mass is 9.80. The molecule has 0 N–H and O–H groups in total. The van der Waals surface area contributed by atoms with Crippen molar-refractivity contribution in [3.05, 3.63) is 82.4 Å². The minimum absolute atomic E-state index is 0.0505. The number of carbonyl (C=O) groups excluding carboxylic acids is 1. The van der Waals surface area contributed by atoms with Gasteiger partial charge in [-0.3, -0.25) is 0 Å². The van der Waals surface area contributed by atoms with Crippen LogP contribution < -0.4 is 0 Å². The zero-order chi connectivity index (χ0) is 18.0. The molecule has 130 valence electrons. The molecule has 2 heteroatoms. The van der Waals surface area contributed by atoms with Gasteiger partial charge < -0.3 is 4.74 Å². The normalized spacial score (nSPS) is 19.8. The molecular weight excluding hydrogens is 308 g/mol. The first-order valence-electron chi connectivity index (χ1n) is 9.00. The largest absolute Gasteiger partial charge is 0.460 e. The van der Waals surface area contributed by atoms with Crippen molar-refractivity contribution >= 4 is 5.97 Å². The fourth-order valence-electron chi connectivity index (χ4n) is 3.55. The number of aryl methyl sites for hydroxylation is 2. The van der Waals surface area contributed by atoms with Crippen molar-refractivity contribution in [3.8, 4) is 0 Å². The van der Waals surface area contributed by atoms with Crippen LogP contribution in [0.15, 0.2) is 60.2 Å². The topological polar surface area (TPSA) is 26.3 Å². The van der Waals surface area contributed by atoms with Crippen LogP contribution in [0.1, 0.15) is 54.4 Å². The van der Waals surface area contributed by atoms with Gasteiger partial charge in [-0.25, -0.2) is 4.79 Å². The number of hydrogen-bond donors (Lipinski definition) is 0. The van der Waals surface area contributed by atoms with Gasteiger partial charge in [-0.1, -0.05) is 65.7 Å². The average molecular weight is 334 g/mol. The summed E-state index contributed by atoms with van der Waals surface area (Å²) in [5, 5.41) is 0. The third-order valence-electron chi connectivity index (χ3n) is 4.85. The molecule has 0 aromatic heterocycles. The molecule has 0 heterocycles. The van der Waals surface area contributed by atoms with Gasteiger partial charge in [0.25, 0.3) is 0 Å². The zero-order valence-corrected chi connectivity index (χ0v) is 15.5. The Morgan fingerprint density at radius 3 is 1.96 bits per heavy atom. The lowest BCUT2D eigenvalue weighted by Crippen LogP contribution is -2.19. The van der Waals surface area contributed by atoms with Gasteiger partial charge in [0.05, 0.1) is 6.10 Å². The van der Waals surface area contributed by atoms with Gasteiger partial charge in [0.1, 0.15) is 0 Å². The maximum atomic E-state index is 12.6. The summed E-state index contributed by atoms with van der Waals surface area (Å²) in [5.41, 5.74) is 5.73. The van der Waals surface area contributed by atoms with E-state index in [2.05, 4.69) is 68.5 Å². The smallest absolute Gasteiger partial charge is 0.334 e. The Hall–Kier alpha value is -2.35. The molecule has 0 bridgehead atoms. The molecule has 1 aliphatic rings. The molecular formula is C23H26O2. The molecule has 2 nitrogen and oxygen atoms in total. The molecule has 0 aliphatic heterocycles. The van der Waals surface area contributed by atoms with E-state index in [-0.39, 0.29) is 23.9 Å². The van der Waals surface area contributed by atoms with Crippen LogP contribution in [0.4, 0.5) is 0 Å². The first-order chi connectivity index (χ1) is 12.0. The van der Waals surface area contributed by atoms with E-state index in [1.54, 1.807) is 0 Å².